The highest BCUT2D eigenvalue weighted by molar-refractivity contribution is 6.18. The van der Waals surface area contributed by atoms with E-state index in [1.807, 2.05) is 6.20 Å². The summed E-state index contributed by atoms with van der Waals surface area (Å²) >= 11 is 6.02. The van der Waals surface area contributed by atoms with Crippen molar-refractivity contribution in [1.82, 2.24) is 4.98 Å². The quantitative estimate of drug-likeness (QED) is 0.732. The van der Waals surface area contributed by atoms with E-state index in [1.54, 1.807) is 0 Å². The van der Waals surface area contributed by atoms with Gasteiger partial charge in [0.05, 0.1) is 0 Å². The summed E-state index contributed by atoms with van der Waals surface area (Å²) in [6.07, 6.45) is 3.06. The monoisotopic (exact) mass is 290 g/mol. The van der Waals surface area contributed by atoms with Crippen LogP contribution in [0.1, 0.15) is 32.8 Å². The summed E-state index contributed by atoms with van der Waals surface area (Å²) in [7, 11) is 2.13. The van der Waals surface area contributed by atoms with Crippen molar-refractivity contribution in [2.24, 2.45) is 5.92 Å². The lowest BCUT2D eigenvalue weighted by atomic mass is 10.0. The van der Waals surface area contributed by atoms with Crippen molar-refractivity contribution in [3.8, 4) is 0 Å². The highest BCUT2D eigenvalue weighted by Gasteiger charge is 2.16. The molecule has 2 nitrogen and oxygen atoms in total. The van der Waals surface area contributed by atoms with Crippen molar-refractivity contribution in [2.75, 3.05) is 11.9 Å². The van der Waals surface area contributed by atoms with Crippen LogP contribution in [0.25, 0.3) is 10.8 Å². The van der Waals surface area contributed by atoms with Crippen molar-refractivity contribution in [2.45, 2.75) is 39.1 Å². The van der Waals surface area contributed by atoms with E-state index in [0.29, 0.717) is 17.8 Å². The highest BCUT2D eigenvalue weighted by atomic mass is 35.5. The normalized spacial score (nSPS) is 12.9. The Hall–Kier alpha value is -1.28. The average Bonchev–Trinajstić information content (AvgIpc) is 2.44. The Morgan fingerprint density at radius 3 is 2.40 bits per heavy atom. The van der Waals surface area contributed by atoms with Crippen LogP contribution in [0, 0.1) is 5.92 Å². The van der Waals surface area contributed by atoms with Gasteiger partial charge in [-0.05, 0) is 30.2 Å². The summed E-state index contributed by atoms with van der Waals surface area (Å²) in [5.74, 6) is 2.22. The standard InChI is InChI=1S/C17H23ClN2/c1-12(2)9-13(3)20(4)17-16-8-6-5-7-15(16)14(10-18)11-19-17/h5-8,11-13H,9-10H2,1-4H3. The molecule has 0 aliphatic heterocycles. The average molecular weight is 291 g/mol. The number of anilines is 1. The second kappa shape index (κ2) is 6.45. The van der Waals surface area contributed by atoms with Crippen LogP contribution in [0.15, 0.2) is 30.5 Å². The third kappa shape index (κ3) is 3.06. The molecule has 0 N–H and O–H groups in total. The van der Waals surface area contributed by atoms with Crippen molar-refractivity contribution >= 4 is 28.2 Å². The smallest absolute Gasteiger partial charge is 0.136 e. The highest BCUT2D eigenvalue weighted by Crippen LogP contribution is 2.29. The van der Waals surface area contributed by atoms with E-state index in [1.165, 1.54) is 10.8 Å². The molecule has 108 valence electrons. The molecule has 0 aliphatic carbocycles. The number of alkyl halides is 1. The molecule has 0 bridgehead atoms. The molecule has 2 rings (SSSR count). The van der Waals surface area contributed by atoms with Crippen molar-refractivity contribution in [3.05, 3.63) is 36.0 Å². The molecule has 20 heavy (non-hydrogen) atoms. The first kappa shape index (κ1) is 15.1. The molecule has 0 aliphatic rings. The Morgan fingerprint density at radius 1 is 1.15 bits per heavy atom. The molecule has 1 atom stereocenters. The molecular formula is C17H23ClN2. The largest absolute Gasteiger partial charge is 0.356 e. The van der Waals surface area contributed by atoms with Crippen molar-refractivity contribution in [1.29, 1.82) is 0 Å². The van der Waals surface area contributed by atoms with Gasteiger partial charge in [0.2, 0.25) is 0 Å². The third-order valence-corrected chi connectivity index (χ3v) is 4.10. The van der Waals surface area contributed by atoms with Gasteiger partial charge >= 0.3 is 0 Å². The van der Waals surface area contributed by atoms with Gasteiger partial charge in [0, 0.05) is 30.6 Å². The fourth-order valence-electron chi connectivity index (χ4n) is 2.67. The van der Waals surface area contributed by atoms with Gasteiger partial charge in [0.25, 0.3) is 0 Å². The second-order valence-electron chi connectivity index (χ2n) is 5.88. The minimum atomic E-state index is 0.466. The number of pyridine rings is 1. The predicted octanol–water partition coefficient (Wildman–Crippen LogP) is 4.84. The van der Waals surface area contributed by atoms with Gasteiger partial charge in [-0.2, -0.15) is 0 Å². The van der Waals surface area contributed by atoms with E-state index in [-0.39, 0.29) is 0 Å². The summed E-state index contributed by atoms with van der Waals surface area (Å²) in [5, 5.41) is 2.39. The van der Waals surface area contributed by atoms with Gasteiger partial charge < -0.3 is 4.90 Å². The van der Waals surface area contributed by atoms with Crippen LogP contribution >= 0.6 is 11.6 Å². The van der Waals surface area contributed by atoms with Crippen LogP contribution in [0.5, 0.6) is 0 Å². The van der Waals surface area contributed by atoms with Crippen LogP contribution < -0.4 is 4.90 Å². The fraction of sp³-hybridized carbons (Fsp3) is 0.471. The van der Waals surface area contributed by atoms with E-state index in [9.17, 15) is 0 Å². The Labute approximate surface area is 126 Å². The molecule has 0 fully saturated rings. The summed E-state index contributed by atoms with van der Waals surface area (Å²) in [5.41, 5.74) is 1.09. The molecule has 1 heterocycles. The zero-order valence-corrected chi connectivity index (χ0v) is 13.5. The van der Waals surface area contributed by atoms with Crippen LogP contribution in [0.2, 0.25) is 0 Å². The maximum absolute atomic E-state index is 6.02. The summed E-state index contributed by atoms with van der Waals surface area (Å²) < 4.78 is 0. The molecule has 1 aromatic carbocycles. The first-order valence-electron chi connectivity index (χ1n) is 7.20. The van der Waals surface area contributed by atoms with E-state index in [2.05, 4.69) is 62.0 Å². The van der Waals surface area contributed by atoms with Crippen molar-refractivity contribution < 1.29 is 0 Å². The molecule has 2 aromatic rings. The first-order valence-corrected chi connectivity index (χ1v) is 7.73. The lowest BCUT2D eigenvalue weighted by Gasteiger charge is -2.28. The van der Waals surface area contributed by atoms with E-state index < -0.39 is 0 Å². The SMILES string of the molecule is CC(C)CC(C)N(C)c1ncc(CCl)c2ccccc12. The maximum atomic E-state index is 6.02. The van der Waals surface area contributed by atoms with E-state index in [4.69, 9.17) is 11.6 Å². The van der Waals surface area contributed by atoms with Crippen LogP contribution in [0.4, 0.5) is 5.82 Å². The molecule has 0 amide bonds. The zero-order chi connectivity index (χ0) is 14.7. The number of halogens is 1. The zero-order valence-electron chi connectivity index (χ0n) is 12.7. The number of nitrogens with zero attached hydrogens (tertiary/aromatic N) is 2. The molecule has 0 radical (unpaired) electrons. The minimum absolute atomic E-state index is 0.466. The predicted molar refractivity (Wildman–Crippen MR) is 88.6 cm³/mol. The van der Waals surface area contributed by atoms with Crippen LogP contribution in [-0.4, -0.2) is 18.1 Å². The fourth-order valence-corrected chi connectivity index (χ4v) is 2.89. The summed E-state index contributed by atoms with van der Waals surface area (Å²) in [4.78, 5) is 6.93. The Bertz CT molecular complexity index is 580. The third-order valence-electron chi connectivity index (χ3n) is 3.81. The lowest BCUT2D eigenvalue weighted by Crippen LogP contribution is -2.31. The molecule has 3 heteroatoms. The Kier molecular flexibility index (Phi) is 4.87. The molecule has 0 spiro atoms. The second-order valence-corrected chi connectivity index (χ2v) is 6.14. The van der Waals surface area contributed by atoms with E-state index >= 15 is 0 Å². The number of aromatic nitrogens is 1. The summed E-state index contributed by atoms with van der Waals surface area (Å²) in [6.45, 7) is 6.77. The van der Waals surface area contributed by atoms with Gasteiger partial charge in [0.15, 0.2) is 0 Å². The van der Waals surface area contributed by atoms with Gasteiger partial charge in [-0.25, -0.2) is 4.98 Å². The molecule has 1 unspecified atom stereocenters. The van der Waals surface area contributed by atoms with Crippen molar-refractivity contribution in [3.63, 3.8) is 0 Å². The molecular weight excluding hydrogens is 268 g/mol. The van der Waals surface area contributed by atoms with Crippen LogP contribution in [0.3, 0.4) is 0 Å². The molecule has 0 saturated heterocycles. The number of rotatable bonds is 5. The van der Waals surface area contributed by atoms with E-state index in [0.717, 1.165) is 17.8 Å². The first-order chi connectivity index (χ1) is 9.54. The topological polar surface area (TPSA) is 16.1 Å². The number of benzene rings is 1. The lowest BCUT2D eigenvalue weighted by molar-refractivity contribution is 0.503. The molecule has 0 saturated carbocycles. The van der Waals surface area contributed by atoms with Gasteiger partial charge in [-0.3, -0.25) is 0 Å². The summed E-state index contributed by atoms with van der Waals surface area (Å²) in [6, 6.07) is 8.84. The van der Waals surface area contributed by atoms with Crippen LogP contribution in [-0.2, 0) is 5.88 Å². The van der Waals surface area contributed by atoms with Gasteiger partial charge in [-0.15, -0.1) is 11.6 Å². The maximum Gasteiger partial charge on any atom is 0.136 e. The number of hydrogen-bond acceptors (Lipinski definition) is 2. The van der Waals surface area contributed by atoms with Gasteiger partial charge in [0.1, 0.15) is 5.82 Å². The number of fused-ring (bicyclic) bond motifs is 1. The molecule has 1 aromatic heterocycles. The van der Waals surface area contributed by atoms with Gasteiger partial charge in [-0.1, -0.05) is 38.1 Å². The Morgan fingerprint density at radius 2 is 1.80 bits per heavy atom. The minimum Gasteiger partial charge on any atom is -0.356 e. The number of hydrogen-bond donors (Lipinski definition) is 0. The Balaban J connectivity index is 2.44.